The second-order valence-corrected chi connectivity index (χ2v) is 5.43. The first kappa shape index (κ1) is 14.0. The van der Waals surface area contributed by atoms with Crippen LogP contribution in [-0.2, 0) is 10.0 Å². The first-order valence-corrected chi connectivity index (χ1v) is 6.79. The molecule has 0 amide bonds. The molecule has 1 unspecified atom stereocenters. The Morgan fingerprint density at radius 1 is 1.35 bits per heavy atom. The van der Waals surface area contributed by atoms with E-state index in [2.05, 4.69) is 10.0 Å². The van der Waals surface area contributed by atoms with Crippen molar-refractivity contribution in [1.29, 1.82) is 0 Å². The van der Waals surface area contributed by atoms with Gasteiger partial charge in [0.15, 0.2) is 0 Å². The largest absolute Gasteiger partial charge is 0.495 e. The molecule has 0 heterocycles. The summed E-state index contributed by atoms with van der Waals surface area (Å²) < 4.78 is 31.6. The average Bonchev–Trinajstić information content (AvgIpc) is 2.35. The molecule has 0 radical (unpaired) electrons. The molecule has 96 valence electrons. The number of hydrogen-bond donors (Lipinski definition) is 2. The third-order valence-electron chi connectivity index (χ3n) is 2.43. The lowest BCUT2D eigenvalue weighted by Crippen LogP contribution is -2.37. The number of para-hydroxylation sites is 1. The van der Waals surface area contributed by atoms with Crippen molar-refractivity contribution in [3.63, 3.8) is 0 Å². The first-order valence-electron chi connectivity index (χ1n) is 5.31. The number of likely N-dealkylation sites (N-methyl/N-ethyl adjacent to an activating group) is 1. The van der Waals surface area contributed by atoms with Crippen LogP contribution >= 0.6 is 0 Å². The number of hydrogen-bond acceptors (Lipinski definition) is 4. The van der Waals surface area contributed by atoms with E-state index in [0.29, 0.717) is 12.3 Å². The Labute approximate surface area is 102 Å². The van der Waals surface area contributed by atoms with Crippen molar-refractivity contribution < 1.29 is 13.2 Å². The minimum absolute atomic E-state index is 0.0690. The zero-order valence-corrected chi connectivity index (χ0v) is 11.0. The number of sulfonamides is 1. The van der Waals surface area contributed by atoms with Crippen LogP contribution in [0.15, 0.2) is 29.2 Å². The van der Waals surface area contributed by atoms with Crippen molar-refractivity contribution >= 4 is 10.0 Å². The molecule has 0 saturated heterocycles. The summed E-state index contributed by atoms with van der Waals surface area (Å²) in [5.74, 6) is 0.345. The molecule has 0 saturated carbocycles. The van der Waals surface area contributed by atoms with E-state index < -0.39 is 10.0 Å². The lowest BCUT2D eigenvalue weighted by Gasteiger charge is -2.13. The number of ether oxygens (including phenoxy) is 1. The highest BCUT2D eigenvalue weighted by molar-refractivity contribution is 7.89. The van der Waals surface area contributed by atoms with E-state index in [9.17, 15) is 8.42 Å². The normalized spacial score (nSPS) is 13.4. The maximum Gasteiger partial charge on any atom is 0.244 e. The molecule has 0 spiro atoms. The van der Waals surface area contributed by atoms with Crippen LogP contribution < -0.4 is 14.8 Å². The van der Waals surface area contributed by atoms with Crippen LogP contribution in [-0.4, -0.2) is 35.2 Å². The fourth-order valence-corrected chi connectivity index (χ4v) is 2.55. The summed E-state index contributed by atoms with van der Waals surface area (Å²) in [5.41, 5.74) is 0. The van der Waals surface area contributed by atoms with E-state index in [1.54, 1.807) is 25.2 Å². The van der Waals surface area contributed by atoms with Gasteiger partial charge in [0.05, 0.1) is 7.11 Å². The smallest absolute Gasteiger partial charge is 0.244 e. The summed E-state index contributed by atoms with van der Waals surface area (Å²) >= 11 is 0. The van der Waals surface area contributed by atoms with Gasteiger partial charge in [-0.25, -0.2) is 13.1 Å². The van der Waals surface area contributed by atoms with Gasteiger partial charge < -0.3 is 10.1 Å². The van der Waals surface area contributed by atoms with E-state index in [0.717, 1.165) is 0 Å². The fourth-order valence-electron chi connectivity index (χ4n) is 1.26. The predicted octanol–water partition coefficient (Wildman–Crippen LogP) is 0.581. The van der Waals surface area contributed by atoms with Crippen molar-refractivity contribution in [2.45, 2.75) is 17.9 Å². The van der Waals surface area contributed by atoms with Gasteiger partial charge >= 0.3 is 0 Å². The maximum atomic E-state index is 12.0. The van der Waals surface area contributed by atoms with Gasteiger partial charge in [0, 0.05) is 12.6 Å². The Kier molecular flexibility index (Phi) is 4.92. The van der Waals surface area contributed by atoms with Crippen molar-refractivity contribution in [1.82, 2.24) is 10.0 Å². The lowest BCUT2D eigenvalue weighted by atomic mass is 10.3. The van der Waals surface area contributed by atoms with E-state index in [1.165, 1.54) is 13.2 Å². The molecule has 17 heavy (non-hydrogen) atoms. The van der Waals surface area contributed by atoms with Crippen LogP contribution in [0.3, 0.4) is 0 Å². The van der Waals surface area contributed by atoms with Crippen molar-refractivity contribution in [2.24, 2.45) is 0 Å². The van der Waals surface area contributed by atoms with Crippen molar-refractivity contribution in [2.75, 3.05) is 20.7 Å². The summed E-state index contributed by atoms with van der Waals surface area (Å²) in [6, 6.07) is 6.60. The minimum Gasteiger partial charge on any atom is -0.495 e. The number of methoxy groups -OCH3 is 1. The Hall–Kier alpha value is -1.11. The SMILES string of the molecule is CNC(C)CNS(=O)(=O)c1ccccc1OC. The monoisotopic (exact) mass is 258 g/mol. The third kappa shape index (κ3) is 3.69. The number of nitrogens with one attached hydrogen (secondary N) is 2. The molecule has 0 aromatic heterocycles. The van der Waals surface area contributed by atoms with Gasteiger partial charge in [-0.1, -0.05) is 12.1 Å². The zero-order chi connectivity index (χ0) is 12.9. The Morgan fingerprint density at radius 2 is 2.00 bits per heavy atom. The molecule has 1 aromatic carbocycles. The fraction of sp³-hybridized carbons (Fsp3) is 0.455. The number of rotatable bonds is 6. The summed E-state index contributed by atoms with van der Waals surface area (Å²) in [6.45, 7) is 2.22. The van der Waals surface area contributed by atoms with Gasteiger partial charge in [0.1, 0.15) is 10.6 Å². The molecule has 0 aliphatic heterocycles. The van der Waals surface area contributed by atoms with Crippen LogP contribution in [0.5, 0.6) is 5.75 Å². The summed E-state index contributed by atoms with van der Waals surface area (Å²) in [5, 5.41) is 2.96. The van der Waals surface area contributed by atoms with Gasteiger partial charge in [-0.15, -0.1) is 0 Å². The van der Waals surface area contributed by atoms with Crippen LogP contribution in [0.2, 0.25) is 0 Å². The van der Waals surface area contributed by atoms with Gasteiger partial charge in [-0.2, -0.15) is 0 Å². The van der Waals surface area contributed by atoms with Crippen LogP contribution in [0.4, 0.5) is 0 Å². The highest BCUT2D eigenvalue weighted by Crippen LogP contribution is 2.22. The molecular weight excluding hydrogens is 240 g/mol. The first-order chi connectivity index (χ1) is 8.01. The van der Waals surface area contributed by atoms with E-state index >= 15 is 0 Å². The quantitative estimate of drug-likeness (QED) is 0.783. The van der Waals surface area contributed by atoms with E-state index in [1.807, 2.05) is 6.92 Å². The van der Waals surface area contributed by atoms with Crippen LogP contribution in [0, 0.1) is 0 Å². The molecule has 6 heteroatoms. The predicted molar refractivity (Wildman–Crippen MR) is 66.7 cm³/mol. The third-order valence-corrected chi connectivity index (χ3v) is 3.89. The summed E-state index contributed by atoms with van der Waals surface area (Å²) in [4.78, 5) is 0.158. The molecule has 2 N–H and O–H groups in total. The molecular formula is C11H18N2O3S. The van der Waals surface area contributed by atoms with Gasteiger partial charge in [-0.3, -0.25) is 0 Å². The molecule has 0 aliphatic carbocycles. The molecule has 0 aliphatic rings. The van der Waals surface area contributed by atoms with E-state index in [4.69, 9.17) is 4.74 Å². The topological polar surface area (TPSA) is 67.4 Å². The molecule has 5 nitrogen and oxygen atoms in total. The molecule has 0 fully saturated rings. The average molecular weight is 258 g/mol. The number of benzene rings is 1. The Bertz CT molecular complexity index is 460. The van der Waals surface area contributed by atoms with Crippen LogP contribution in [0.1, 0.15) is 6.92 Å². The lowest BCUT2D eigenvalue weighted by molar-refractivity contribution is 0.402. The molecule has 1 atom stereocenters. The van der Waals surface area contributed by atoms with Crippen molar-refractivity contribution in [3.8, 4) is 5.75 Å². The molecule has 0 bridgehead atoms. The summed E-state index contributed by atoms with van der Waals surface area (Å²) in [7, 11) is -0.294. The minimum atomic E-state index is -3.52. The highest BCUT2D eigenvalue weighted by Gasteiger charge is 2.18. The zero-order valence-electron chi connectivity index (χ0n) is 10.2. The summed E-state index contributed by atoms with van der Waals surface area (Å²) in [6.07, 6.45) is 0. The Balaban J connectivity index is 2.89. The maximum absolute atomic E-state index is 12.0. The van der Waals surface area contributed by atoms with Gasteiger partial charge in [0.25, 0.3) is 0 Å². The standard InChI is InChI=1S/C11H18N2O3S/c1-9(12-2)8-13-17(14,15)11-7-5-4-6-10(11)16-3/h4-7,9,12-13H,8H2,1-3H3. The second-order valence-electron chi connectivity index (χ2n) is 3.69. The van der Waals surface area contributed by atoms with Crippen LogP contribution in [0.25, 0.3) is 0 Å². The van der Waals surface area contributed by atoms with E-state index in [-0.39, 0.29) is 10.9 Å². The Morgan fingerprint density at radius 3 is 2.59 bits per heavy atom. The van der Waals surface area contributed by atoms with Gasteiger partial charge in [-0.05, 0) is 26.1 Å². The second kappa shape index (κ2) is 6.00. The molecule has 1 rings (SSSR count). The highest BCUT2D eigenvalue weighted by atomic mass is 32.2. The molecule has 1 aromatic rings. The van der Waals surface area contributed by atoms with Gasteiger partial charge in [0.2, 0.25) is 10.0 Å². The van der Waals surface area contributed by atoms with Crippen molar-refractivity contribution in [3.05, 3.63) is 24.3 Å².